The lowest BCUT2D eigenvalue weighted by atomic mass is 10.1. The van der Waals surface area contributed by atoms with Gasteiger partial charge < -0.3 is 9.47 Å². The van der Waals surface area contributed by atoms with Crippen LogP contribution in [0.5, 0.6) is 11.5 Å². The van der Waals surface area contributed by atoms with E-state index >= 15 is 0 Å². The fourth-order valence-electron chi connectivity index (χ4n) is 3.42. The molecule has 2 amide bonds. The Kier molecular flexibility index (Phi) is 8.21. The molecule has 1 aliphatic heterocycles. The molecule has 4 rings (SSSR count). The lowest BCUT2D eigenvalue weighted by Gasteiger charge is -2.16. The monoisotopic (exact) mass is 558 g/mol. The number of aryl methyl sites for hydroxylation is 1. The largest absolute Gasteiger partial charge is 0.493 e. The Balaban J connectivity index is 1.49. The molecule has 6 nitrogen and oxygen atoms in total. The van der Waals surface area contributed by atoms with E-state index in [0.29, 0.717) is 43.1 Å². The average molecular weight is 559 g/mol. The molecule has 1 aliphatic rings. The second-order valence-corrected chi connectivity index (χ2v) is 10.2. The van der Waals surface area contributed by atoms with Gasteiger partial charge in [0.2, 0.25) is 0 Å². The summed E-state index contributed by atoms with van der Waals surface area (Å²) in [7, 11) is 1.52. The Morgan fingerprint density at radius 2 is 1.81 bits per heavy atom. The van der Waals surface area contributed by atoms with E-state index in [1.165, 1.54) is 7.11 Å². The smallest absolute Gasteiger partial charge is 0.285 e. The van der Waals surface area contributed by atoms with Crippen LogP contribution in [0.1, 0.15) is 27.0 Å². The van der Waals surface area contributed by atoms with Crippen LogP contribution in [0.4, 0.5) is 0 Å². The molecule has 0 aromatic heterocycles. The number of nitrogens with one attached hydrogen (secondary N) is 1. The van der Waals surface area contributed by atoms with Crippen LogP contribution in [-0.2, 0) is 11.4 Å². The van der Waals surface area contributed by atoms with Gasteiger partial charge in [0, 0.05) is 21.2 Å². The summed E-state index contributed by atoms with van der Waals surface area (Å²) in [5, 5.41) is 2.10. The van der Waals surface area contributed by atoms with Gasteiger partial charge in [-0.1, -0.05) is 65.3 Å². The summed E-state index contributed by atoms with van der Waals surface area (Å²) >= 11 is 18.9. The van der Waals surface area contributed by atoms with Gasteiger partial charge in [-0.3, -0.25) is 15.0 Å². The zero-order chi connectivity index (χ0) is 25.8. The normalized spacial score (nSPS) is 14.3. The molecular formula is C26H20Cl2N2O4S2. The van der Waals surface area contributed by atoms with Crippen LogP contribution in [-0.4, -0.2) is 28.3 Å². The number of ether oxygens (including phenoxy) is 2. The number of halogens is 2. The van der Waals surface area contributed by atoms with Crippen LogP contribution in [0, 0.1) is 6.92 Å². The van der Waals surface area contributed by atoms with Crippen molar-refractivity contribution in [2.75, 3.05) is 7.11 Å². The second-order valence-electron chi connectivity index (χ2n) is 7.67. The number of amides is 2. The van der Waals surface area contributed by atoms with Crippen LogP contribution in [0.25, 0.3) is 6.08 Å². The minimum atomic E-state index is -0.417. The summed E-state index contributed by atoms with van der Waals surface area (Å²) in [6.45, 7) is 1.98. The zero-order valence-corrected chi connectivity index (χ0v) is 22.4. The number of carbonyl (C=O) groups is 2. The summed E-state index contributed by atoms with van der Waals surface area (Å²) in [6, 6.07) is 17.6. The van der Waals surface area contributed by atoms with E-state index in [9.17, 15) is 9.59 Å². The molecule has 3 aromatic rings. The number of thioether (sulfide) groups is 1. The first-order valence-corrected chi connectivity index (χ1v) is 12.6. The van der Waals surface area contributed by atoms with Gasteiger partial charge in [0.15, 0.2) is 15.8 Å². The average Bonchev–Trinajstić information content (AvgIpc) is 3.11. The number of rotatable bonds is 7. The van der Waals surface area contributed by atoms with E-state index < -0.39 is 11.8 Å². The van der Waals surface area contributed by atoms with E-state index in [4.69, 9.17) is 44.9 Å². The van der Waals surface area contributed by atoms with Crippen molar-refractivity contribution in [3.63, 3.8) is 0 Å². The van der Waals surface area contributed by atoms with Gasteiger partial charge in [0.1, 0.15) is 6.61 Å². The first-order chi connectivity index (χ1) is 17.3. The zero-order valence-electron chi connectivity index (χ0n) is 19.2. The fourth-order valence-corrected chi connectivity index (χ4v) is 5.10. The van der Waals surface area contributed by atoms with Gasteiger partial charge in [0.25, 0.3) is 11.8 Å². The van der Waals surface area contributed by atoms with E-state index in [-0.39, 0.29) is 10.9 Å². The highest BCUT2D eigenvalue weighted by molar-refractivity contribution is 8.26. The molecule has 1 heterocycles. The lowest BCUT2D eigenvalue weighted by Crippen LogP contribution is -2.45. The number of benzene rings is 3. The number of hydrazine groups is 1. The topological polar surface area (TPSA) is 67.9 Å². The summed E-state index contributed by atoms with van der Waals surface area (Å²) in [5.74, 6) is 0.131. The van der Waals surface area contributed by atoms with Gasteiger partial charge in [-0.05, 0) is 66.7 Å². The fraction of sp³-hybridized carbons (Fsp3) is 0.115. The van der Waals surface area contributed by atoms with Crippen molar-refractivity contribution in [3.8, 4) is 11.5 Å². The Morgan fingerprint density at radius 1 is 1.08 bits per heavy atom. The number of hydrogen-bond donors (Lipinski definition) is 1. The third-order valence-electron chi connectivity index (χ3n) is 5.32. The third-order valence-corrected chi connectivity index (χ3v) is 7.33. The van der Waals surface area contributed by atoms with Crippen molar-refractivity contribution < 1.29 is 19.1 Å². The van der Waals surface area contributed by atoms with Gasteiger partial charge >= 0.3 is 0 Å². The molecule has 0 bridgehead atoms. The molecule has 0 aliphatic carbocycles. The van der Waals surface area contributed by atoms with Crippen molar-refractivity contribution in [2.45, 2.75) is 13.5 Å². The van der Waals surface area contributed by atoms with Gasteiger partial charge in [-0.25, -0.2) is 0 Å². The molecule has 10 heteroatoms. The van der Waals surface area contributed by atoms with Gasteiger partial charge in [-0.15, -0.1) is 0 Å². The van der Waals surface area contributed by atoms with Gasteiger partial charge in [0.05, 0.1) is 12.0 Å². The standard InChI is InChI=1S/C26H20Cl2N2O4S2/c1-15-6-3-4-7-17(15)24(31)29-30-25(32)23(36-26(30)35)13-16-10-11-21(22(12-16)33-2)34-14-18-19(27)8-5-9-20(18)28/h3-13H,14H2,1-2H3,(H,29,31)/b23-13-. The highest BCUT2D eigenvalue weighted by Gasteiger charge is 2.34. The minimum Gasteiger partial charge on any atom is -0.493 e. The minimum absolute atomic E-state index is 0.160. The quantitative estimate of drug-likeness (QED) is 0.266. The first kappa shape index (κ1) is 26.0. The van der Waals surface area contributed by atoms with Gasteiger partial charge in [-0.2, -0.15) is 5.01 Å². The van der Waals surface area contributed by atoms with Crippen molar-refractivity contribution in [1.29, 1.82) is 0 Å². The Bertz CT molecular complexity index is 1370. The molecule has 0 saturated carbocycles. The Morgan fingerprint density at radius 3 is 2.50 bits per heavy atom. The summed E-state index contributed by atoms with van der Waals surface area (Å²) < 4.78 is 11.6. The highest BCUT2D eigenvalue weighted by atomic mass is 35.5. The maximum absolute atomic E-state index is 13.0. The molecule has 36 heavy (non-hydrogen) atoms. The van der Waals surface area contributed by atoms with E-state index in [2.05, 4.69) is 5.43 Å². The second kappa shape index (κ2) is 11.3. The van der Waals surface area contributed by atoms with Crippen LogP contribution in [0.3, 0.4) is 0 Å². The van der Waals surface area contributed by atoms with Crippen LogP contribution in [0.2, 0.25) is 10.0 Å². The number of hydrogen-bond acceptors (Lipinski definition) is 6. The summed E-state index contributed by atoms with van der Waals surface area (Å²) in [5.41, 5.74) is 5.23. The Hall–Kier alpha value is -3.04. The molecule has 184 valence electrons. The van der Waals surface area contributed by atoms with Crippen molar-refractivity contribution in [1.82, 2.24) is 10.4 Å². The number of carbonyl (C=O) groups excluding carboxylic acids is 2. The van der Waals surface area contributed by atoms with Crippen LogP contribution < -0.4 is 14.9 Å². The van der Waals surface area contributed by atoms with Crippen molar-refractivity contribution >= 4 is 69.4 Å². The third kappa shape index (κ3) is 5.68. The summed E-state index contributed by atoms with van der Waals surface area (Å²) in [6.07, 6.45) is 1.68. The van der Waals surface area contributed by atoms with Crippen LogP contribution in [0.15, 0.2) is 65.6 Å². The van der Waals surface area contributed by atoms with Crippen LogP contribution >= 0.6 is 47.2 Å². The number of nitrogens with zero attached hydrogens (tertiary/aromatic N) is 1. The molecule has 0 unspecified atom stereocenters. The maximum Gasteiger partial charge on any atom is 0.285 e. The molecule has 0 atom stereocenters. The molecule has 1 N–H and O–H groups in total. The Labute approximate surface area is 228 Å². The molecule has 0 spiro atoms. The predicted octanol–water partition coefficient (Wildman–Crippen LogP) is 6.44. The molecule has 1 saturated heterocycles. The van der Waals surface area contributed by atoms with E-state index in [0.717, 1.165) is 22.3 Å². The van der Waals surface area contributed by atoms with Crippen molar-refractivity contribution in [2.24, 2.45) is 0 Å². The maximum atomic E-state index is 13.0. The highest BCUT2D eigenvalue weighted by Crippen LogP contribution is 2.35. The van der Waals surface area contributed by atoms with Crippen molar-refractivity contribution in [3.05, 3.63) is 97.9 Å². The number of methoxy groups -OCH3 is 1. The number of thiocarbonyl (C=S) groups is 1. The first-order valence-electron chi connectivity index (χ1n) is 10.7. The molecular weight excluding hydrogens is 539 g/mol. The SMILES string of the molecule is COc1cc(/C=C2\SC(=S)N(NC(=O)c3ccccc3C)C2=O)ccc1OCc1c(Cl)cccc1Cl. The van der Waals surface area contributed by atoms with E-state index in [1.54, 1.807) is 54.6 Å². The summed E-state index contributed by atoms with van der Waals surface area (Å²) in [4.78, 5) is 26.0. The molecule has 1 fully saturated rings. The molecule has 3 aromatic carbocycles. The lowest BCUT2D eigenvalue weighted by molar-refractivity contribution is -0.123. The molecule has 0 radical (unpaired) electrons. The van der Waals surface area contributed by atoms with E-state index in [1.807, 2.05) is 19.1 Å². The predicted molar refractivity (Wildman–Crippen MR) is 147 cm³/mol.